The zero-order chi connectivity index (χ0) is 22.5. The van der Waals surface area contributed by atoms with Crippen LogP contribution in [0.3, 0.4) is 0 Å². The molecule has 1 atom stereocenters. The third-order valence-corrected chi connectivity index (χ3v) is 5.40. The maximum Gasteiger partial charge on any atom is 0.411 e. The average Bonchev–Trinajstić information content (AvgIpc) is 3.29. The number of hydrogen-bond donors (Lipinski definition) is 4. The van der Waals surface area contributed by atoms with Gasteiger partial charge in [0.1, 0.15) is 0 Å². The second kappa shape index (κ2) is 6.94. The Hall–Kier alpha value is -4.68. The molecule has 1 aliphatic rings. The van der Waals surface area contributed by atoms with Crippen molar-refractivity contribution in [1.29, 1.82) is 5.26 Å². The highest BCUT2D eigenvalue weighted by Gasteiger charge is 2.50. The van der Waals surface area contributed by atoms with E-state index in [1.807, 2.05) is 6.07 Å². The van der Waals surface area contributed by atoms with Crippen molar-refractivity contribution >= 4 is 34.7 Å². The number of fused-ring (bicyclic) bond motifs is 2. The molecule has 5 rings (SSSR count). The quantitative estimate of drug-likeness (QED) is 0.396. The zero-order valence-corrected chi connectivity index (χ0v) is 16.4. The molecule has 4 N–H and O–H groups in total. The molecule has 32 heavy (non-hydrogen) atoms. The number of H-pyrrole nitrogens is 1. The summed E-state index contributed by atoms with van der Waals surface area (Å²) in [6, 6.07) is 20.1. The van der Waals surface area contributed by atoms with Crippen LogP contribution in [0.4, 0.5) is 16.4 Å². The number of aliphatic hydroxyl groups is 1. The zero-order valence-electron chi connectivity index (χ0n) is 16.4. The first-order valence-corrected chi connectivity index (χ1v) is 9.58. The monoisotopic (exact) mass is 425 g/mol. The molecule has 9 heteroatoms. The van der Waals surface area contributed by atoms with Gasteiger partial charge in [-0.2, -0.15) is 5.26 Å². The minimum atomic E-state index is -1.86. The summed E-state index contributed by atoms with van der Waals surface area (Å²) >= 11 is 0. The van der Waals surface area contributed by atoms with Gasteiger partial charge in [-0.1, -0.05) is 30.3 Å². The molecule has 2 amide bonds. The first-order valence-electron chi connectivity index (χ1n) is 9.58. The van der Waals surface area contributed by atoms with Crippen LogP contribution in [0.1, 0.15) is 27.0 Å². The Labute approximate surface area is 181 Å². The predicted molar refractivity (Wildman–Crippen MR) is 115 cm³/mol. The van der Waals surface area contributed by atoms with Gasteiger partial charge in [0.2, 0.25) is 5.95 Å². The van der Waals surface area contributed by atoms with Gasteiger partial charge in [-0.3, -0.25) is 15.0 Å². The molecule has 0 spiro atoms. The van der Waals surface area contributed by atoms with Gasteiger partial charge in [-0.05, 0) is 36.4 Å². The van der Waals surface area contributed by atoms with Gasteiger partial charge < -0.3 is 15.2 Å². The van der Waals surface area contributed by atoms with Crippen LogP contribution >= 0.6 is 0 Å². The number of aromatic nitrogens is 2. The highest BCUT2D eigenvalue weighted by Crippen LogP contribution is 2.45. The number of amides is 2. The summed E-state index contributed by atoms with van der Waals surface area (Å²) in [6.45, 7) is 0. The van der Waals surface area contributed by atoms with E-state index in [2.05, 4.69) is 15.3 Å². The van der Waals surface area contributed by atoms with Crippen molar-refractivity contribution in [2.75, 3.05) is 10.2 Å². The molecule has 0 saturated heterocycles. The normalized spacial score (nSPS) is 17.2. The molecule has 2 heterocycles. The Morgan fingerprint density at radius 3 is 2.72 bits per heavy atom. The molecule has 0 saturated carbocycles. The van der Waals surface area contributed by atoms with Crippen LogP contribution in [0.5, 0.6) is 0 Å². The largest absolute Gasteiger partial charge is 0.465 e. The number of aromatic amines is 1. The van der Waals surface area contributed by atoms with Crippen LogP contribution in [0.25, 0.3) is 11.0 Å². The molecule has 9 nitrogen and oxygen atoms in total. The van der Waals surface area contributed by atoms with E-state index in [-0.39, 0.29) is 5.95 Å². The van der Waals surface area contributed by atoms with E-state index < -0.39 is 17.7 Å². The van der Waals surface area contributed by atoms with Crippen molar-refractivity contribution in [3.63, 3.8) is 0 Å². The predicted octanol–water partition coefficient (Wildman–Crippen LogP) is 3.38. The Balaban J connectivity index is 1.72. The average molecular weight is 425 g/mol. The number of benzene rings is 3. The summed E-state index contributed by atoms with van der Waals surface area (Å²) in [5, 5.41) is 32.4. The van der Waals surface area contributed by atoms with Crippen molar-refractivity contribution in [1.82, 2.24) is 9.97 Å². The smallest absolute Gasteiger partial charge is 0.411 e. The molecule has 0 bridgehead atoms. The topological polar surface area (TPSA) is 142 Å². The van der Waals surface area contributed by atoms with E-state index in [1.165, 1.54) is 4.90 Å². The lowest BCUT2D eigenvalue weighted by molar-refractivity contribution is 0.0704. The maximum absolute atomic E-state index is 13.4. The lowest BCUT2D eigenvalue weighted by atomic mass is 9.93. The van der Waals surface area contributed by atoms with Crippen LogP contribution in [0, 0.1) is 11.3 Å². The lowest BCUT2D eigenvalue weighted by Crippen LogP contribution is -2.45. The molecular formula is C23H15N5O4. The molecule has 0 radical (unpaired) electrons. The number of rotatable bonds is 3. The van der Waals surface area contributed by atoms with Gasteiger partial charge in [0.15, 0.2) is 5.72 Å². The highest BCUT2D eigenvalue weighted by atomic mass is 16.4. The highest BCUT2D eigenvalue weighted by molar-refractivity contribution is 6.12. The summed E-state index contributed by atoms with van der Waals surface area (Å²) < 4.78 is 0. The Bertz CT molecular complexity index is 1450. The minimum Gasteiger partial charge on any atom is -0.465 e. The standard InChI is InChI=1S/C23H15N5O4/c24-12-13-4-3-5-15(10-13)28-20(29)16-6-1-2-7-17(16)23(28,32)14-8-9-18-19(11-14)26-21(25-18)27-22(30)31/h1-11,32H,(H,30,31)(H2,25,26,27). The summed E-state index contributed by atoms with van der Waals surface area (Å²) in [5.41, 5.74) is 0.926. The van der Waals surface area contributed by atoms with Gasteiger partial charge in [0, 0.05) is 22.4 Å². The first-order chi connectivity index (χ1) is 15.4. The van der Waals surface area contributed by atoms with Crippen LogP contribution < -0.4 is 10.2 Å². The van der Waals surface area contributed by atoms with Gasteiger partial charge in [0.05, 0.1) is 22.7 Å². The molecular weight excluding hydrogens is 410 g/mol. The molecule has 1 aliphatic heterocycles. The van der Waals surface area contributed by atoms with E-state index >= 15 is 0 Å². The molecule has 1 unspecified atom stereocenters. The van der Waals surface area contributed by atoms with Gasteiger partial charge in [-0.15, -0.1) is 0 Å². The Morgan fingerprint density at radius 1 is 1.12 bits per heavy atom. The maximum atomic E-state index is 13.4. The number of hydrogen-bond acceptors (Lipinski definition) is 5. The van der Waals surface area contributed by atoms with Crippen LogP contribution in [0.2, 0.25) is 0 Å². The van der Waals surface area contributed by atoms with Crippen LogP contribution in [-0.2, 0) is 5.72 Å². The number of nitrogens with zero attached hydrogens (tertiary/aromatic N) is 3. The summed E-state index contributed by atoms with van der Waals surface area (Å²) in [5.74, 6) is -0.366. The lowest BCUT2D eigenvalue weighted by Gasteiger charge is -2.35. The fourth-order valence-corrected chi connectivity index (χ4v) is 4.05. The molecule has 3 aromatic carbocycles. The van der Waals surface area contributed by atoms with E-state index in [9.17, 15) is 20.0 Å². The number of nitriles is 1. The number of carbonyl (C=O) groups is 2. The SMILES string of the molecule is N#Cc1cccc(N2C(=O)c3ccccc3C2(O)c2ccc3nc(NC(=O)O)[nH]c3c2)c1. The summed E-state index contributed by atoms with van der Waals surface area (Å²) in [4.78, 5) is 32.6. The van der Waals surface area contributed by atoms with Gasteiger partial charge >= 0.3 is 6.09 Å². The number of nitrogens with one attached hydrogen (secondary N) is 2. The van der Waals surface area contributed by atoms with Gasteiger partial charge in [0.25, 0.3) is 5.91 Å². The van der Waals surface area contributed by atoms with E-state index in [4.69, 9.17) is 5.11 Å². The number of carboxylic acid groups (broad SMARTS) is 1. The first kappa shape index (κ1) is 19.3. The third-order valence-electron chi connectivity index (χ3n) is 5.40. The van der Waals surface area contributed by atoms with Crippen molar-refractivity contribution in [2.24, 2.45) is 0 Å². The fourth-order valence-electron chi connectivity index (χ4n) is 4.05. The van der Waals surface area contributed by atoms with E-state index in [0.717, 1.165) is 0 Å². The van der Waals surface area contributed by atoms with Gasteiger partial charge in [-0.25, -0.2) is 9.78 Å². The number of anilines is 2. The van der Waals surface area contributed by atoms with E-state index in [1.54, 1.807) is 66.7 Å². The number of carbonyl (C=O) groups excluding carboxylic acids is 1. The molecule has 0 fully saturated rings. The van der Waals surface area contributed by atoms with Crippen molar-refractivity contribution in [3.05, 3.63) is 89.0 Å². The molecule has 0 aliphatic carbocycles. The third kappa shape index (κ3) is 2.79. The number of imidazole rings is 1. The molecule has 1 aromatic heterocycles. The summed E-state index contributed by atoms with van der Waals surface area (Å²) in [6.07, 6.45) is -1.26. The van der Waals surface area contributed by atoms with Crippen molar-refractivity contribution in [3.8, 4) is 6.07 Å². The fraction of sp³-hybridized carbons (Fsp3) is 0.0435. The summed E-state index contributed by atoms with van der Waals surface area (Å²) in [7, 11) is 0. The minimum absolute atomic E-state index is 0.0399. The Morgan fingerprint density at radius 2 is 1.94 bits per heavy atom. The van der Waals surface area contributed by atoms with Crippen LogP contribution in [0.15, 0.2) is 66.7 Å². The van der Waals surface area contributed by atoms with Crippen molar-refractivity contribution < 1.29 is 19.8 Å². The second-order valence-corrected chi connectivity index (χ2v) is 7.27. The second-order valence-electron chi connectivity index (χ2n) is 7.27. The Kier molecular flexibility index (Phi) is 4.18. The molecule has 156 valence electrons. The van der Waals surface area contributed by atoms with E-state index in [0.29, 0.717) is 39.0 Å². The van der Waals surface area contributed by atoms with Crippen molar-refractivity contribution in [2.45, 2.75) is 5.72 Å². The van der Waals surface area contributed by atoms with Crippen LogP contribution in [-0.4, -0.2) is 32.2 Å². The molecule has 4 aromatic rings.